The molecule has 0 spiro atoms. The quantitative estimate of drug-likeness (QED) is 0.737. The fourth-order valence-corrected chi connectivity index (χ4v) is 1.41. The first-order valence-electron chi connectivity index (χ1n) is 5.35. The number of hydrogen-bond acceptors (Lipinski definition) is 3. The van der Waals surface area contributed by atoms with E-state index in [2.05, 4.69) is 5.32 Å². The van der Waals surface area contributed by atoms with Gasteiger partial charge in [-0.25, -0.2) is 4.39 Å². The van der Waals surface area contributed by atoms with E-state index < -0.39 is 5.82 Å². The number of anilines is 1. The molecule has 0 saturated heterocycles. The number of rotatable bonds is 6. The van der Waals surface area contributed by atoms with Gasteiger partial charge in [0, 0.05) is 13.0 Å². The lowest BCUT2D eigenvalue weighted by Crippen LogP contribution is -2.11. The Morgan fingerprint density at radius 2 is 2.24 bits per heavy atom. The molecule has 0 bridgehead atoms. The topological polar surface area (TPSA) is 78.9 Å². The van der Waals surface area contributed by atoms with Crippen LogP contribution >= 0.6 is 0 Å². The van der Waals surface area contributed by atoms with Gasteiger partial charge in [0.1, 0.15) is 11.9 Å². The number of primary amides is 1. The van der Waals surface area contributed by atoms with E-state index in [4.69, 9.17) is 11.0 Å². The lowest BCUT2D eigenvalue weighted by Gasteiger charge is -2.07. The molecule has 0 aliphatic rings. The molecule has 0 aliphatic carbocycles. The molecule has 90 valence electrons. The van der Waals surface area contributed by atoms with Crippen LogP contribution in [0.5, 0.6) is 0 Å². The Labute approximate surface area is 99.2 Å². The van der Waals surface area contributed by atoms with E-state index in [1.165, 1.54) is 18.2 Å². The average Bonchev–Trinajstić information content (AvgIpc) is 2.29. The molecule has 0 fully saturated rings. The molecule has 17 heavy (non-hydrogen) atoms. The van der Waals surface area contributed by atoms with Crippen LogP contribution in [0.1, 0.15) is 24.8 Å². The van der Waals surface area contributed by atoms with E-state index in [0.717, 1.165) is 6.42 Å². The molecule has 0 aliphatic heterocycles. The highest BCUT2D eigenvalue weighted by Gasteiger charge is 2.02. The fraction of sp³-hybridized carbons (Fsp3) is 0.333. The SMILES string of the molecule is N#Cc1cc(F)ccc1NCCCCC(N)=O. The van der Waals surface area contributed by atoms with Crippen LogP contribution in [0.2, 0.25) is 0 Å². The fourth-order valence-electron chi connectivity index (χ4n) is 1.41. The van der Waals surface area contributed by atoms with Crippen LogP contribution in [0.4, 0.5) is 10.1 Å². The smallest absolute Gasteiger partial charge is 0.217 e. The van der Waals surface area contributed by atoms with Crippen molar-refractivity contribution in [1.29, 1.82) is 5.26 Å². The summed E-state index contributed by atoms with van der Waals surface area (Å²) >= 11 is 0. The molecule has 5 heteroatoms. The zero-order valence-corrected chi connectivity index (χ0v) is 9.37. The third kappa shape index (κ3) is 4.51. The monoisotopic (exact) mass is 235 g/mol. The molecule has 1 amide bonds. The molecule has 1 aromatic carbocycles. The molecule has 0 atom stereocenters. The van der Waals surface area contributed by atoms with Crippen molar-refractivity contribution in [2.75, 3.05) is 11.9 Å². The van der Waals surface area contributed by atoms with Gasteiger partial charge in [-0.2, -0.15) is 5.26 Å². The Bertz CT molecular complexity index is 440. The molecule has 1 rings (SSSR count). The van der Waals surface area contributed by atoms with Crippen LogP contribution in [-0.2, 0) is 4.79 Å². The van der Waals surface area contributed by atoms with E-state index in [-0.39, 0.29) is 11.5 Å². The van der Waals surface area contributed by atoms with E-state index in [1.807, 2.05) is 6.07 Å². The molecular formula is C12H14FN3O. The molecule has 0 radical (unpaired) electrons. The van der Waals surface area contributed by atoms with Crippen molar-refractivity contribution in [3.63, 3.8) is 0 Å². The highest BCUT2D eigenvalue weighted by molar-refractivity contribution is 5.73. The Hall–Kier alpha value is -2.09. The lowest BCUT2D eigenvalue weighted by molar-refractivity contribution is -0.118. The zero-order valence-electron chi connectivity index (χ0n) is 9.37. The summed E-state index contributed by atoms with van der Waals surface area (Å²) < 4.78 is 12.8. The first kappa shape index (κ1) is 13.0. The van der Waals surface area contributed by atoms with E-state index in [1.54, 1.807) is 0 Å². The molecular weight excluding hydrogens is 221 g/mol. The van der Waals surface area contributed by atoms with Crippen LogP contribution < -0.4 is 11.1 Å². The number of carbonyl (C=O) groups excluding carboxylic acids is 1. The van der Waals surface area contributed by atoms with Crippen molar-refractivity contribution < 1.29 is 9.18 Å². The number of benzene rings is 1. The molecule has 0 heterocycles. The molecule has 4 nitrogen and oxygen atoms in total. The summed E-state index contributed by atoms with van der Waals surface area (Å²) in [6, 6.07) is 5.93. The standard InChI is InChI=1S/C12H14FN3O/c13-10-4-5-11(9(7-10)8-14)16-6-2-1-3-12(15)17/h4-5,7,16H,1-3,6H2,(H2,15,17). The summed E-state index contributed by atoms with van der Waals surface area (Å²) in [4.78, 5) is 10.5. The second kappa shape index (κ2) is 6.48. The Morgan fingerprint density at radius 1 is 1.47 bits per heavy atom. The van der Waals surface area contributed by atoms with Gasteiger partial charge in [-0.3, -0.25) is 4.79 Å². The summed E-state index contributed by atoms with van der Waals surface area (Å²) in [5.41, 5.74) is 5.89. The van der Waals surface area contributed by atoms with Gasteiger partial charge in [0.15, 0.2) is 0 Å². The van der Waals surface area contributed by atoms with Crippen LogP contribution in [0.3, 0.4) is 0 Å². The molecule has 3 N–H and O–H groups in total. The third-order valence-corrected chi connectivity index (χ3v) is 2.27. The molecule has 0 aromatic heterocycles. The minimum atomic E-state index is -0.430. The van der Waals surface area contributed by atoms with Crippen molar-refractivity contribution in [1.82, 2.24) is 0 Å². The predicted molar refractivity (Wildman–Crippen MR) is 62.7 cm³/mol. The number of nitrogens with zero attached hydrogens (tertiary/aromatic N) is 1. The number of amides is 1. The Morgan fingerprint density at radius 3 is 2.88 bits per heavy atom. The normalized spacial score (nSPS) is 9.65. The Balaban J connectivity index is 2.42. The number of halogens is 1. The van der Waals surface area contributed by atoms with Crippen molar-refractivity contribution in [3.8, 4) is 6.07 Å². The maximum atomic E-state index is 12.8. The Kier molecular flexibility index (Phi) is 4.95. The highest BCUT2D eigenvalue weighted by Crippen LogP contribution is 2.15. The van der Waals surface area contributed by atoms with Crippen molar-refractivity contribution in [2.24, 2.45) is 5.73 Å². The number of hydrogen-bond donors (Lipinski definition) is 2. The summed E-state index contributed by atoms with van der Waals surface area (Å²) in [6.45, 7) is 0.619. The summed E-state index contributed by atoms with van der Waals surface area (Å²) in [7, 11) is 0. The average molecular weight is 235 g/mol. The first-order valence-corrected chi connectivity index (χ1v) is 5.35. The zero-order chi connectivity index (χ0) is 12.7. The van der Waals surface area contributed by atoms with Crippen molar-refractivity contribution in [3.05, 3.63) is 29.6 Å². The predicted octanol–water partition coefficient (Wildman–Crippen LogP) is 1.76. The van der Waals surface area contributed by atoms with Crippen LogP contribution in [0, 0.1) is 17.1 Å². The second-order valence-electron chi connectivity index (χ2n) is 3.65. The molecule has 0 unspecified atom stereocenters. The van der Waals surface area contributed by atoms with Gasteiger partial charge in [-0.15, -0.1) is 0 Å². The number of carbonyl (C=O) groups is 1. The molecule has 1 aromatic rings. The van der Waals surface area contributed by atoms with Gasteiger partial charge in [-0.1, -0.05) is 0 Å². The summed E-state index contributed by atoms with van der Waals surface area (Å²) in [6.07, 6.45) is 1.83. The van der Waals surface area contributed by atoms with Crippen LogP contribution in [0.25, 0.3) is 0 Å². The van der Waals surface area contributed by atoms with Gasteiger partial charge in [0.25, 0.3) is 0 Å². The maximum absolute atomic E-state index is 12.8. The second-order valence-corrected chi connectivity index (χ2v) is 3.65. The van der Waals surface area contributed by atoms with Gasteiger partial charge in [0.05, 0.1) is 11.3 Å². The first-order chi connectivity index (χ1) is 8.13. The van der Waals surface area contributed by atoms with Crippen LogP contribution in [-0.4, -0.2) is 12.5 Å². The minimum absolute atomic E-state index is 0.278. The van der Waals surface area contributed by atoms with Crippen molar-refractivity contribution in [2.45, 2.75) is 19.3 Å². The van der Waals surface area contributed by atoms with E-state index in [9.17, 15) is 9.18 Å². The number of nitrogens with one attached hydrogen (secondary N) is 1. The lowest BCUT2D eigenvalue weighted by atomic mass is 10.1. The highest BCUT2D eigenvalue weighted by atomic mass is 19.1. The van der Waals surface area contributed by atoms with Gasteiger partial charge in [-0.05, 0) is 31.0 Å². The van der Waals surface area contributed by atoms with E-state index in [0.29, 0.717) is 25.1 Å². The number of nitriles is 1. The number of nitrogens with two attached hydrogens (primary N) is 1. The van der Waals surface area contributed by atoms with Gasteiger partial charge in [0.2, 0.25) is 5.91 Å². The largest absolute Gasteiger partial charge is 0.384 e. The molecule has 0 saturated carbocycles. The van der Waals surface area contributed by atoms with Gasteiger partial charge >= 0.3 is 0 Å². The summed E-state index contributed by atoms with van der Waals surface area (Å²) in [5, 5.41) is 11.8. The minimum Gasteiger partial charge on any atom is -0.384 e. The summed E-state index contributed by atoms with van der Waals surface area (Å²) in [5.74, 6) is -0.745. The number of unbranched alkanes of at least 4 members (excludes halogenated alkanes) is 1. The van der Waals surface area contributed by atoms with Crippen LogP contribution in [0.15, 0.2) is 18.2 Å². The van der Waals surface area contributed by atoms with Crippen molar-refractivity contribution >= 4 is 11.6 Å². The van der Waals surface area contributed by atoms with Gasteiger partial charge < -0.3 is 11.1 Å². The maximum Gasteiger partial charge on any atom is 0.217 e. The third-order valence-electron chi connectivity index (χ3n) is 2.27. The van der Waals surface area contributed by atoms with E-state index >= 15 is 0 Å².